The van der Waals surface area contributed by atoms with Crippen molar-refractivity contribution in [1.82, 2.24) is 20.0 Å². The molecule has 1 amide bonds. The minimum absolute atomic E-state index is 0.0897. The highest BCUT2D eigenvalue weighted by Crippen LogP contribution is 2.25. The normalized spacial score (nSPS) is 15.6. The standard InChI is InChI=1S/C24H24F2N6O2/c1-24(2)13-31(12-21(28)32(24)20(27)11-25)23(34)17-9-14(7-8-18(17)26)10-19-15-5-3-4-6-16(15)22(33)30-29-19/h3-9,27-28H,10-13H2,1-2H3,(H,30,33). The highest BCUT2D eigenvalue weighted by Gasteiger charge is 2.41. The Balaban J connectivity index is 1.63. The van der Waals surface area contributed by atoms with Crippen LogP contribution < -0.4 is 5.56 Å². The number of nitrogens with zero attached hydrogens (tertiary/aromatic N) is 3. The van der Waals surface area contributed by atoms with Crippen LogP contribution in [0, 0.1) is 16.6 Å². The minimum atomic E-state index is -1.02. The Hall–Kier alpha value is -3.95. The SMILES string of the molecule is CC1(C)CN(C(=O)c2cc(Cc3n[nH]c(=O)c4ccccc34)ccc2F)CC(=N)N1C(=N)CF. The number of fused-ring (bicyclic) bond motifs is 1. The maximum Gasteiger partial charge on any atom is 0.272 e. The van der Waals surface area contributed by atoms with Crippen molar-refractivity contribution >= 4 is 28.4 Å². The highest BCUT2D eigenvalue weighted by molar-refractivity contribution is 6.04. The zero-order chi connectivity index (χ0) is 24.6. The van der Waals surface area contributed by atoms with Crippen molar-refractivity contribution in [3.05, 3.63) is 75.5 Å². The number of rotatable bonds is 4. The zero-order valence-electron chi connectivity index (χ0n) is 18.8. The Morgan fingerprint density at radius 2 is 1.91 bits per heavy atom. The molecule has 176 valence electrons. The second-order valence-electron chi connectivity index (χ2n) is 8.87. The molecule has 1 aromatic heterocycles. The number of benzene rings is 2. The van der Waals surface area contributed by atoms with Crippen LogP contribution in [0.5, 0.6) is 0 Å². The minimum Gasteiger partial charge on any atom is -0.329 e. The Bertz CT molecular complexity index is 1370. The second kappa shape index (κ2) is 8.77. The first-order valence-electron chi connectivity index (χ1n) is 10.7. The van der Waals surface area contributed by atoms with Gasteiger partial charge in [-0.05, 0) is 37.6 Å². The molecule has 1 aliphatic rings. The summed E-state index contributed by atoms with van der Waals surface area (Å²) in [5, 5.41) is 23.8. The van der Waals surface area contributed by atoms with Gasteiger partial charge in [0.15, 0.2) is 0 Å². The molecule has 2 aromatic carbocycles. The van der Waals surface area contributed by atoms with Gasteiger partial charge in [0, 0.05) is 18.4 Å². The van der Waals surface area contributed by atoms with Crippen LogP contribution >= 0.6 is 0 Å². The lowest BCUT2D eigenvalue weighted by Gasteiger charge is -2.47. The van der Waals surface area contributed by atoms with Crippen molar-refractivity contribution in [2.45, 2.75) is 25.8 Å². The lowest BCUT2D eigenvalue weighted by molar-refractivity contribution is 0.0655. The van der Waals surface area contributed by atoms with Gasteiger partial charge in [0.05, 0.1) is 28.7 Å². The summed E-state index contributed by atoms with van der Waals surface area (Å²) in [6.45, 7) is 2.30. The smallest absolute Gasteiger partial charge is 0.272 e. The van der Waals surface area contributed by atoms with Crippen molar-refractivity contribution in [3.63, 3.8) is 0 Å². The summed E-state index contributed by atoms with van der Waals surface area (Å²) >= 11 is 0. The molecular weight excluding hydrogens is 442 g/mol. The Kier molecular flexibility index (Phi) is 5.99. The maximum atomic E-state index is 14.7. The summed E-state index contributed by atoms with van der Waals surface area (Å²) in [5.74, 6) is -1.75. The predicted octanol–water partition coefficient (Wildman–Crippen LogP) is 3.11. The summed E-state index contributed by atoms with van der Waals surface area (Å²) in [5.41, 5.74) is -0.146. The van der Waals surface area contributed by atoms with E-state index in [9.17, 15) is 18.4 Å². The van der Waals surface area contributed by atoms with Gasteiger partial charge in [0.25, 0.3) is 11.5 Å². The molecule has 0 spiro atoms. The van der Waals surface area contributed by atoms with Crippen molar-refractivity contribution in [1.29, 1.82) is 10.8 Å². The maximum absolute atomic E-state index is 14.7. The second-order valence-corrected chi connectivity index (χ2v) is 8.87. The summed E-state index contributed by atoms with van der Waals surface area (Å²) in [6.07, 6.45) is 0.264. The third-order valence-electron chi connectivity index (χ3n) is 5.89. The average molecular weight is 466 g/mol. The van der Waals surface area contributed by atoms with Crippen LogP contribution in [-0.4, -0.2) is 62.9 Å². The molecule has 1 aliphatic heterocycles. The molecule has 0 aliphatic carbocycles. The first kappa shape index (κ1) is 23.2. The van der Waals surface area contributed by atoms with Crippen LogP contribution in [0.4, 0.5) is 8.78 Å². The van der Waals surface area contributed by atoms with Crippen molar-refractivity contribution in [3.8, 4) is 0 Å². The van der Waals surface area contributed by atoms with E-state index in [2.05, 4.69) is 10.2 Å². The van der Waals surface area contributed by atoms with Gasteiger partial charge in [-0.1, -0.05) is 24.3 Å². The number of aromatic amines is 1. The van der Waals surface area contributed by atoms with Crippen molar-refractivity contribution in [2.24, 2.45) is 0 Å². The van der Waals surface area contributed by atoms with Crippen LogP contribution in [0.3, 0.4) is 0 Å². The van der Waals surface area contributed by atoms with Crippen LogP contribution in [0.25, 0.3) is 10.8 Å². The van der Waals surface area contributed by atoms with Gasteiger partial charge in [-0.15, -0.1) is 0 Å². The van der Waals surface area contributed by atoms with Crippen LogP contribution in [0.1, 0.15) is 35.5 Å². The quantitative estimate of drug-likeness (QED) is 0.405. The monoisotopic (exact) mass is 466 g/mol. The first-order chi connectivity index (χ1) is 16.1. The fourth-order valence-electron chi connectivity index (χ4n) is 4.46. The molecule has 1 fully saturated rings. The molecule has 1 saturated heterocycles. The van der Waals surface area contributed by atoms with E-state index in [-0.39, 0.29) is 42.3 Å². The number of hydrogen-bond donors (Lipinski definition) is 3. The van der Waals surface area contributed by atoms with Gasteiger partial charge in [-0.2, -0.15) is 5.10 Å². The van der Waals surface area contributed by atoms with E-state index in [0.717, 1.165) is 0 Å². The van der Waals surface area contributed by atoms with Gasteiger partial charge in [0.2, 0.25) is 0 Å². The lowest BCUT2D eigenvalue weighted by atomic mass is 9.96. The predicted molar refractivity (Wildman–Crippen MR) is 125 cm³/mol. The fourth-order valence-corrected chi connectivity index (χ4v) is 4.46. The molecular formula is C24H24F2N6O2. The molecule has 0 unspecified atom stereocenters. The van der Waals surface area contributed by atoms with E-state index in [1.54, 1.807) is 44.2 Å². The molecule has 0 atom stereocenters. The van der Waals surface area contributed by atoms with Crippen molar-refractivity contribution < 1.29 is 13.6 Å². The average Bonchev–Trinajstić information content (AvgIpc) is 2.80. The number of hydrogen-bond acceptors (Lipinski definition) is 5. The molecule has 4 rings (SSSR count). The van der Waals surface area contributed by atoms with Gasteiger partial charge in [-0.25, -0.2) is 13.9 Å². The zero-order valence-corrected chi connectivity index (χ0v) is 18.8. The number of amidine groups is 2. The highest BCUT2D eigenvalue weighted by atomic mass is 19.1. The van der Waals surface area contributed by atoms with Crippen molar-refractivity contribution in [2.75, 3.05) is 19.8 Å². The number of H-pyrrole nitrogens is 1. The topological polar surface area (TPSA) is 117 Å². The van der Waals surface area contributed by atoms with E-state index in [1.165, 1.54) is 21.9 Å². The Morgan fingerprint density at radius 3 is 2.59 bits per heavy atom. The fraction of sp³-hybridized carbons (Fsp3) is 0.292. The Morgan fingerprint density at radius 1 is 1.21 bits per heavy atom. The number of aromatic nitrogens is 2. The summed E-state index contributed by atoms with van der Waals surface area (Å²) in [7, 11) is 0. The number of piperazine rings is 1. The third-order valence-corrected chi connectivity index (χ3v) is 5.89. The van der Waals surface area contributed by atoms with E-state index < -0.39 is 23.9 Å². The molecule has 0 radical (unpaired) electrons. The number of halogens is 2. The number of carbonyl (C=O) groups excluding carboxylic acids is 1. The van der Waals surface area contributed by atoms with Gasteiger partial charge >= 0.3 is 0 Å². The van der Waals surface area contributed by atoms with Gasteiger partial charge in [0.1, 0.15) is 24.2 Å². The van der Waals surface area contributed by atoms with Gasteiger partial charge in [-0.3, -0.25) is 20.4 Å². The molecule has 3 N–H and O–H groups in total. The third kappa shape index (κ3) is 4.18. The molecule has 10 heteroatoms. The number of alkyl halides is 1. The molecule has 0 saturated carbocycles. The van der Waals surface area contributed by atoms with Crippen LogP contribution in [0.2, 0.25) is 0 Å². The van der Waals surface area contributed by atoms with Crippen LogP contribution in [0.15, 0.2) is 47.3 Å². The number of amides is 1. The summed E-state index contributed by atoms with van der Waals surface area (Å²) < 4.78 is 27.8. The number of carbonyl (C=O) groups is 1. The molecule has 0 bridgehead atoms. The summed E-state index contributed by atoms with van der Waals surface area (Å²) in [4.78, 5) is 27.9. The summed E-state index contributed by atoms with van der Waals surface area (Å²) in [6, 6.07) is 11.2. The number of nitrogens with one attached hydrogen (secondary N) is 3. The molecule has 2 heterocycles. The van der Waals surface area contributed by atoms with E-state index in [0.29, 0.717) is 22.0 Å². The van der Waals surface area contributed by atoms with E-state index >= 15 is 0 Å². The Labute approximate surface area is 194 Å². The van der Waals surface area contributed by atoms with Crippen LogP contribution in [-0.2, 0) is 6.42 Å². The van der Waals surface area contributed by atoms with E-state index in [4.69, 9.17) is 10.8 Å². The lowest BCUT2D eigenvalue weighted by Crippen LogP contribution is -2.64. The van der Waals surface area contributed by atoms with E-state index in [1.807, 2.05) is 0 Å². The molecule has 3 aromatic rings. The first-order valence-corrected chi connectivity index (χ1v) is 10.7. The molecule has 34 heavy (non-hydrogen) atoms. The molecule has 8 nitrogen and oxygen atoms in total. The van der Waals surface area contributed by atoms with Gasteiger partial charge < -0.3 is 9.80 Å². The largest absolute Gasteiger partial charge is 0.329 e.